The fraction of sp³-hybridized carbons (Fsp3) is 0.933. The predicted octanol–water partition coefficient (Wildman–Crippen LogP) is 2.15. The van der Waals surface area contributed by atoms with Crippen LogP contribution in [0.25, 0.3) is 0 Å². The average molecular weight is 340 g/mol. The van der Waals surface area contributed by atoms with Crippen molar-refractivity contribution in [3.8, 4) is 0 Å². The van der Waals surface area contributed by atoms with Crippen molar-refractivity contribution in [3.63, 3.8) is 0 Å². The van der Waals surface area contributed by atoms with Gasteiger partial charge in [0.2, 0.25) is 5.91 Å². The molecule has 3 unspecified atom stereocenters. The van der Waals surface area contributed by atoms with Crippen molar-refractivity contribution in [2.24, 2.45) is 17.6 Å². The molecule has 2 aliphatic rings. The first-order valence-electron chi connectivity index (χ1n) is 7.92. The lowest BCUT2D eigenvalue weighted by molar-refractivity contribution is -0.134. The van der Waals surface area contributed by atoms with Gasteiger partial charge < -0.3 is 15.5 Å². The lowest BCUT2D eigenvalue weighted by atomic mass is 10.0. The smallest absolute Gasteiger partial charge is 0.227 e. The van der Waals surface area contributed by atoms with Crippen molar-refractivity contribution in [1.29, 1.82) is 0 Å². The number of carbonyl (C=O) groups excluding carboxylic acids is 1. The summed E-state index contributed by atoms with van der Waals surface area (Å²) in [6, 6.07) is 0.106. The first-order chi connectivity index (χ1) is 9.15. The van der Waals surface area contributed by atoms with Gasteiger partial charge in [-0.05, 0) is 38.3 Å². The van der Waals surface area contributed by atoms with Gasteiger partial charge in [-0.15, -0.1) is 24.8 Å². The van der Waals surface area contributed by atoms with Crippen molar-refractivity contribution in [3.05, 3.63) is 0 Å². The third-order valence-corrected chi connectivity index (χ3v) is 4.89. The molecule has 1 amide bonds. The lowest BCUT2D eigenvalue weighted by Crippen LogP contribution is -2.41. The molecule has 0 aromatic rings. The Balaban J connectivity index is 0.00000200. The van der Waals surface area contributed by atoms with Crippen LogP contribution >= 0.6 is 24.8 Å². The average Bonchev–Trinajstić information content (AvgIpc) is 3.04. The quantitative estimate of drug-likeness (QED) is 0.834. The number of halogens is 2. The van der Waals surface area contributed by atoms with Crippen molar-refractivity contribution in [2.75, 3.05) is 32.7 Å². The lowest BCUT2D eigenvalue weighted by Gasteiger charge is -2.25. The largest absolute Gasteiger partial charge is 0.342 e. The first-order valence-corrected chi connectivity index (χ1v) is 7.92. The zero-order valence-corrected chi connectivity index (χ0v) is 14.9. The Morgan fingerprint density at radius 3 is 2.38 bits per heavy atom. The van der Waals surface area contributed by atoms with E-state index in [0.29, 0.717) is 11.8 Å². The molecule has 3 atom stereocenters. The number of hydrogen-bond acceptors (Lipinski definition) is 3. The molecule has 1 aliphatic heterocycles. The van der Waals surface area contributed by atoms with Gasteiger partial charge in [0.1, 0.15) is 0 Å². The summed E-state index contributed by atoms with van der Waals surface area (Å²) in [5.74, 6) is 1.08. The summed E-state index contributed by atoms with van der Waals surface area (Å²) in [5.41, 5.74) is 6.05. The molecule has 6 heteroatoms. The molecule has 1 heterocycles. The van der Waals surface area contributed by atoms with E-state index in [1.54, 1.807) is 0 Å². The van der Waals surface area contributed by atoms with Gasteiger partial charge >= 0.3 is 0 Å². The number of likely N-dealkylation sites (tertiary alicyclic amines) is 1. The molecule has 1 saturated carbocycles. The number of carbonyl (C=O) groups is 1. The molecule has 0 bridgehead atoms. The van der Waals surface area contributed by atoms with E-state index in [1.165, 1.54) is 0 Å². The SMILES string of the molecule is CCN(CC)CC1CCN(C(=O)C2CCCC2N)C1.Cl.Cl. The van der Waals surface area contributed by atoms with Crippen LogP contribution in [0.4, 0.5) is 0 Å². The van der Waals surface area contributed by atoms with Crippen LogP contribution in [-0.2, 0) is 4.79 Å². The zero-order valence-electron chi connectivity index (χ0n) is 13.3. The van der Waals surface area contributed by atoms with Gasteiger partial charge in [-0.3, -0.25) is 4.79 Å². The molecular weight excluding hydrogens is 309 g/mol. The molecule has 0 spiro atoms. The number of hydrogen-bond donors (Lipinski definition) is 1. The summed E-state index contributed by atoms with van der Waals surface area (Å²) in [7, 11) is 0. The normalized spacial score (nSPS) is 28.4. The maximum atomic E-state index is 12.5. The minimum Gasteiger partial charge on any atom is -0.342 e. The highest BCUT2D eigenvalue weighted by atomic mass is 35.5. The standard InChI is InChI=1S/C15H29N3O.2ClH/c1-3-17(4-2)10-12-8-9-18(11-12)15(19)13-6-5-7-14(13)16;;/h12-14H,3-11,16H2,1-2H3;2*1H. The van der Waals surface area contributed by atoms with Crippen LogP contribution in [0.15, 0.2) is 0 Å². The van der Waals surface area contributed by atoms with E-state index >= 15 is 0 Å². The Morgan fingerprint density at radius 2 is 1.86 bits per heavy atom. The Labute approximate surface area is 141 Å². The summed E-state index contributed by atoms with van der Waals surface area (Å²) in [6.07, 6.45) is 4.29. The number of nitrogens with zero attached hydrogens (tertiary/aromatic N) is 2. The molecule has 0 aromatic heterocycles. The van der Waals surface area contributed by atoms with Crippen LogP contribution in [0.1, 0.15) is 39.5 Å². The van der Waals surface area contributed by atoms with Crippen LogP contribution in [0, 0.1) is 11.8 Å². The fourth-order valence-corrected chi connectivity index (χ4v) is 3.56. The molecular formula is C15H31Cl2N3O. The number of rotatable bonds is 5. The van der Waals surface area contributed by atoms with E-state index in [1.807, 2.05) is 0 Å². The van der Waals surface area contributed by atoms with E-state index in [4.69, 9.17) is 5.73 Å². The van der Waals surface area contributed by atoms with Crippen LogP contribution in [0.2, 0.25) is 0 Å². The number of nitrogens with two attached hydrogens (primary N) is 1. The first kappa shape index (κ1) is 21.0. The highest BCUT2D eigenvalue weighted by Gasteiger charge is 2.36. The van der Waals surface area contributed by atoms with E-state index in [0.717, 1.165) is 58.4 Å². The maximum absolute atomic E-state index is 12.5. The van der Waals surface area contributed by atoms with Crippen molar-refractivity contribution >= 4 is 30.7 Å². The van der Waals surface area contributed by atoms with Gasteiger partial charge in [0, 0.05) is 25.7 Å². The molecule has 2 fully saturated rings. The summed E-state index contributed by atoms with van der Waals surface area (Å²) in [6.45, 7) is 9.64. The highest BCUT2D eigenvalue weighted by Crippen LogP contribution is 2.28. The topological polar surface area (TPSA) is 49.6 Å². The van der Waals surface area contributed by atoms with E-state index in [2.05, 4.69) is 23.6 Å². The van der Waals surface area contributed by atoms with Crippen molar-refractivity contribution in [1.82, 2.24) is 9.80 Å². The zero-order chi connectivity index (χ0) is 13.8. The van der Waals surface area contributed by atoms with E-state index < -0.39 is 0 Å². The number of amides is 1. The Hall–Kier alpha value is -0.0300. The molecule has 4 nitrogen and oxygen atoms in total. The second kappa shape index (κ2) is 9.88. The molecule has 21 heavy (non-hydrogen) atoms. The van der Waals surface area contributed by atoms with Gasteiger partial charge in [0.15, 0.2) is 0 Å². The summed E-state index contributed by atoms with van der Waals surface area (Å²) in [4.78, 5) is 17.0. The minimum absolute atomic E-state index is 0. The third-order valence-electron chi connectivity index (χ3n) is 4.89. The van der Waals surface area contributed by atoms with Crippen molar-refractivity contribution in [2.45, 2.75) is 45.6 Å². The van der Waals surface area contributed by atoms with E-state index in [-0.39, 0.29) is 36.8 Å². The molecule has 126 valence electrons. The highest BCUT2D eigenvalue weighted by molar-refractivity contribution is 5.85. The third kappa shape index (κ3) is 5.27. The van der Waals surface area contributed by atoms with Crippen LogP contribution in [0.3, 0.4) is 0 Å². The Bertz CT molecular complexity index is 313. The molecule has 2 rings (SSSR count). The summed E-state index contributed by atoms with van der Waals surface area (Å²) >= 11 is 0. The fourth-order valence-electron chi connectivity index (χ4n) is 3.56. The summed E-state index contributed by atoms with van der Waals surface area (Å²) in [5, 5.41) is 0. The molecule has 1 aliphatic carbocycles. The molecule has 1 saturated heterocycles. The van der Waals surface area contributed by atoms with Gasteiger partial charge in [-0.1, -0.05) is 20.3 Å². The Morgan fingerprint density at radius 1 is 1.19 bits per heavy atom. The van der Waals surface area contributed by atoms with Crippen LogP contribution in [-0.4, -0.2) is 54.5 Å². The molecule has 0 aromatic carbocycles. The van der Waals surface area contributed by atoms with Gasteiger partial charge in [0.25, 0.3) is 0 Å². The van der Waals surface area contributed by atoms with Crippen LogP contribution < -0.4 is 5.73 Å². The second-order valence-electron chi connectivity index (χ2n) is 6.13. The Kier molecular flexibility index (Phi) is 9.87. The van der Waals surface area contributed by atoms with Gasteiger partial charge in [-0.2, -0.15) is 0 Å². The monoisotopic (exact) mass is 339 g/mol. The molecule has 0 radical (unpaired) electrons. The van der Waals surface area contributed by atoms with Gasteiger partial charge in [0.05, 0.1) is 5.92 Å². The van der Waals surface area contributed by atoms with E-state index in [9.17, 15) is 4.79 Å². The van der Waals surface area contributed by atoms with Crippen molar-refractivity contribution < 1.29 is 4.79 Å². The maximum Gasteiger partial charge on any atom is 0.227 e. The minimum atomic E-state index is 0. The molecule has 2 N–H and O–H groups in total. The summed E-state index contributed by atoms with van der Waals surface area (Å²) < 4.78 is 0. The second-order valence-corrected chi connectivity index (χ2v) is 6.13. The van der Waals surface area contributed by atoms with Crippen LogP contribution in [0.5, 0.6) is 0 Å². The predicted molar refractivity (Wildman–Crippen MR) is 92.3 cm³/mol. The van der Waals surface area contributed by atoms with Gasteiger partial charge in [-0.25, -0.2) is 0 Å².